The summed E-state index contributed by atoms with van der Waals surface area (Å²) in [6, 6.07) is 12.8. The van der Waals surface area contributed by atoms with Crippen LogP contribution in [0.15, 0.2) is 42.5 Å². The molecule has 1 aliphatic carbocycles. The molecule has 3 aromatic rings. The number of rotatable bonds is 8. The number of amides is 1. The summed E-state index contributed by atoms with van der Waals surface area (Å²) in [6.45, 7) is 3.30. The zero-order valence-electron chi connectivity index (χ0n) is 16.2. The second kappa shape index (κ2) is 7.90. The molecule has 1 amide bonds. The van der Waals surface area contributed by atoms with Crippen molar-refractivity contribution in [2.75, 3.05) is 11.9 Å². The first-order valence-corrected chi connectivity index (χ1v) is 9.78. The third kappa shape index (κ3) is 4.21. The number of aryl methyl sites for hydroxylation is 2. The van der Waals surface area contributed by atoms with Gasteiger partial charge in [0, 0.05) is 30.8 Å². The van der Waals surface area contributed by atoms with Crippen molar-refractivity contribution in [3.05, 3.63) is 64.0 Å². The molecule has 2 N–H and O–H groups in total. The van der Waals surface area contributed by atoms with E-state index in [1.54, 1.807) is 12.1 Å². The topological polar surface area (TPSA) is 102 Å². The molecule has 2 aromatic carbocycles. The van der Waals surface area contributed by atoms with E-state index in [2.05, 4.69) is 20.2 Å². The van der Waals surface area contributed by atoms with Crippen molar-refractivity contribution in [3.8, 4) is 0 Å². The van der Waals surface area contributed by atoms with E-state index in [1.807, 2.05) is 31.2 Å². The van der Waals surface area contributed by atoms with Crippen molar-refractivity contribution in [1.29, 1.82) is 0 Å². The Hall–Kier alpha value is -3.42. The molecular formula is C21H23N5O3. The molecule has 0 unspecified atom stereocenters. The van der Waals surface area contributed by atoms with E-state index in [1.165, 1.54) is 6.07 Å². The Morgan fingerprint density at radius 3 is 2.83 bits per heavy atom. The number of benzene rings is 2. The van der Waals surface area contributed by atoms with Crippen LogP contribution >= 0.6 is 0 Å². The summed E-state index contributed by atoms with van der Waals surface area (Å²) in [5.41, 5.74) is 2.70. The Balaban J connectivity index is 1.40. The summed E-state index contributed by atoms with van der Waals surface area (Å²) in [6.07, 6.45) is 2.72. The van der Waals surface area contributed by atoms with Gasteiger partial charge in [-0.1, -0.05) is 12.1 Å². The molecular weight excluding hydrogens is 370 g/mol. The predicted octanol–water partition coefficient (Wildman–Crippen LogP) is 3.65. The molecule has 1 aliphatic rings. The Morgan fingerprint density at radius 1 is 1.28 bits per heavy atom. The lowest BCUT2D eigenvalue weighted by Crippen LogP contribution is -2.25. The van der Waals surface area contributed by atoms with Gasteiger partial charge in [-0.25, -0.2) is 4.98 Å². The molecule has 1 saturated carbocycles. The number of nitrogens with one attached hydrogen (secondary N) is 2. The third-order valence-electron chi connectivity index (χ3n) is 5.09. The number of carbonyl (C=O) groups excluding carboxylic acids is 1. The van der Waals surface area contributed by atoms with Crippen molar-refractivity contribution in [2.45, 2.75) is 38.8 Å². The van der Waals surface area contributed by atoms with Crippen LogP contribution in [0.5, 0.6) is 0 Å². The maximum atomic E-state index is 12.1. The van der Waals surface area contributed by atoms with Crippen LogP contribution in [-0.2, 0) is 6.54 Å². The molecule has 0 bridgehead atoms. The van der Waals surface area contributed by atoms with Crippen LogP contribution in [0.3, 0.4) is 0 Å². The SMILES string of the molecule is Cc1nc2ccccc2n1CCCNc1ccc(C(=O)NC2CC2)cc1[N+](=O)[O-]. The van der Waals surface area contributed by atoms with Gasteiger partial charge in [-0.15, -0.1) is 0 Å². The first-order chi connectivity index (χ1) is 14.0. The molecule has 4 rings (SSSR count). The summed E-state index contributed by atoms with van der Waals surface area (Å²) < 4.78 is 2.15. The van der Waals surface area contributed by atoms with E-state index in [4.69, 9.17) is 0 Å². The highest BCUT2D eigenvalue weighted by atomic mass is 16.6. The lowest BCUT2D eigenvalue weighted by Gasteiger charge is -2.10. The second-order valence-electron chi connectivity index (χ2n) is 7.32. The number of nitro benzene ring substituents is 1. The molecule has 0 radical (unpaired) electrons. The van der Waals surface area contributed by atoms with Gasteiger partial charge in [0.2, 0.25) is 0 Å². The largest absolute Gasteiger partial charge is 0.379 e. The Bertz CT molecular complexity index is 1070. The molecule has 8 nitrogen and oxygen atoms in total. The minimum absolute atomic E-state index is 0.0855. The van der Waals surface area contributed by atoms with Gasteiger partial charge in [-0.3, -0.25) is 14.9 Å². The number of carbonyl (C=O) groups is 1. The van der Waals surface area contributed by atoms with Crippen molar-refractivity contribution in [1.82, 2.24) is 14.9 Å². The van der Waals surface area contributed by atoms with E-state index in [0.717, 1.165) is 42.7 Å². The maximum Gasteiger partial charge on any atom is 0.293 e. The highest BCUT2D eigenvalue weighted by Crippen LogP contribution is 2.27. The summed E-state index contributed by atoms with van der Waals surface area (Å²) in [5, 5.41) is 17.5. The van der Waals surface area contributed by atoms with E-state index in [-0.39, 0.29) is 17.6 Å². The summed E-state index contributed by atoms with van der Waals surface area (Å²) in [4.78, 5) is 27.7. The number of hydrogen-bond donors (Lipinski definition) is 2. The van der Waals surface area contributed by atoms with Crippen LogP contribution in [-0.4, -0.2) is 33.0 Å². The van der Waals surface area contributed by atoms with E-state index in [0.29, 0.717) is 17.8 Å². The number of para-hydroxylation sites is 2. The van der Waals surface area contributed by atoms with Gasteiger partial charge in [0.15, 0.2) is 0 Å². The fourth-order valence-corrected chi connectivity index (χ4v) is 3.41. The summed E-state index contributed by atoms with van der Waals surface area (Å²) in [7, 11) is 0. The minimum Gasteiger partial charge on any atom is -0.379 e. The molecule has 8 heteroatoms. The highest BCUT2D eigenvalue weighted by Gasteiger charge is 2.25. The number of nitro groups is 1. The Kier molecular flexibility index (Phi) is 5.16. The van der Waals surface area contributed by atoms with Gasteiger partial charge in [-0.2, -0.15) is 0 Å². The monoisotopic (exact) mass is 393 g/mol. The average Bonchev–Trinajstić information content (AvgIpc) is 3.46. The van der Waals surface area contributed by atoms with Gasteiger partial charge >= 0.3 is 0 Å². The lowest BCUT2D eigenvalue weighted by atomic mass is 10.1. The fourth-order valence-electron chi connectivity index (χ4n) is 3.41. The first kappa shape index (κ1) is 18.9. The number of aromatic nitrogens is 2. The minimum atomic E-state index is -0.455. The molecule has 0 saturated heterocycles. The zero-order chi connectivity index (χ0) is 20.4. The maximum absolute atomic E-state index is 12.1. The van der Waals surface area contributed by atoms with Crippen molar-refractivity contribution < 1.29 is 9.72 Å². The number of anilines is 1. The van der Waals surface area contributed by atoms with Crippen LogP contribution in [0.25, 0.3) is 11.0 Å². The molecule has 1 fully saturated rings. The van der Waals surface area contributed by atoms with Crippen LogP contribution in [0.2, 0.25) is 0 Å². The number of fused-ring (bicyclic) bond motifs is 1. The molecule has 29 heavy (non-hydrogen) atoms. The summed E-state index contributed by atoms with van der Waals surface area (Å²) in [5.74, 6) is 0.688. The van der Waals surface area contributed by atoms with E-state index in [9.17, 15) is 14.9 Å². The van der Waals surface area contributed by atoms with Gasteiger partial charge in [-0.05, 0) is 50.5 Å². The van der Waals surface area contributed by atoms with Gasteiger partial charge in [0.25, 0.3) is 11.6 Å². The smallest absolute Gasteiger partial charge is 0.293 e. The highest BCUT2D eigenvalue weighted by molar-refractivity contribution is 5.96. The van der Waals surface area contributed by atoms with Crippen LogP contribution in [0.4, 0.5) is 11.4 Å². The van der Waals surface area contributed by atoms with Crippen LogP contribution < -0.4 is 10.6 Å². The zero-order valence-corrected chi connectivity index (χ0v) is 16.2. The predicted molar refractivity (Wildman–Crippen MR) is 111 cm³/mol. The molecule has 0 aliphatic heterocycles. The van der Waals surface area contributed by atoms with Crippen molar-refractivity contribution in [2.24, 2.45) is 0 Å². The number of hydrogen-bond acceptors (Lipinski definition) is 5. The number of nitrogens with zero attached hydrogens (tertiary/aromatic N) is 3. The van der Waals surface area contributed by atoms with Gasteiger partial charge in [0.1, 0.15) is 11.5 Å². The Labute approximate surface area is 168 Å². The quantitative estimate of drug-likeness (QED) is 0.345. The first-order valence-electron chi connectivity index (χ1n) is 9.78. The normalized spacial score (nSPS) is 13.4. The van der Waals surface area contributed by atoms with Crippen molar-refractivity contribution in [3.63, 3.8) is 0 Å². The molecule has 150 valence electrons. The average molecular weight is 393 g/mol. The fraction of sp³-hybridized carbons (Fsp3) is 0.333. The number of imidazole rings is 1. The molecule has 0 atom stereocenters. The standard InChI is InChI=1S/C21H23N5O3/c1-14-23-18-5-2-3-6-19(18)25(14)12-4-11-22-17-10-7-15(13-20(17)26(28)29)21(27)24-16-8-9-16/h2-3,5-7,10,13,16,22H,4,8-9,11-12H2,1H3,(H,24,27). The Morgan fingerprint density at radius 2 is 2.07 bits per heavy atom. The van der Waals surface area contributed by atoms with Gasteiger partial charge in [0.05, 0.1) is 16.0 Å². The second-order valence-corrected chi connectivity index (χ2v) is 7.32. The lowest BCUT2D eigenvalue weighted by molar-refractivity contribution is -0.384. The van der Waals surface area contributed by atoms with Crippen molar-refractivity contribution >= 4 is 28.3 Å². The molecule has 1 aromatic heterocycles. The molecule has 0 spiro atoms. The van der Waals surface area contributed by atoms with E-state index < -0.39 is 4.92 Å². The summed E-state index contributed by atoms with van der Waals surface area (Å²) >= 11 is 0. The third-order valence-corrected chi connectivity index (χ3v) is 5.09. The van der Waals surface area contributed by atoms with Crippen LogP contribution in [0.1, 0.15) is 35.4 Å². The van der Waals surface area contributed by atoms with Crippen LogP contribution in [0, 0.1) is 17.0 Å². The van der Waals surface area contributed by atoms with Gasteiger partial charge < -0.3 is 15.2 Å². The molecule has 1 heterocycles. The van der Waals surface area contributed by atoms with E-state index >= 15 is 0 Å².